The first kappa shape index (κ1) is 19.1. The third-order valence-electron chi connectivity index (χ3n) is 4.50. The lowest BCUT2D eigenvalue weighted by molar-refractivity contribution is -0.118. The molecule has 0 aliphatic rings. The summed E-state index contributed by atoms with van der Waals surface area (Å²) < 4.78 is 3.15. The largest absolute Gasteiger partial charge is 0.370 e. The van der Waals surface area contributed by atoms with Gasteiger partial charge in [0.2, 0.25) is 17.8 Å². The molecule has 3 aromatic heterocycles. The number of aryl methyl sites for hydroxylation is 1. The number of rotatable bonds is 7. The van der Waals surface area contributed by atoms with Crippen molar-refractivity contribution in [2.24, 2.45) is 5.73 Å². The molecule has 152 valence electrons. The first-order valence-corrected chi connectivity index (χ1v) is 9.28. The Balaban J connectivity index is 1.41. The highest BCUT2D eigenvalue weighted by Gasteiger charge is 2.09. The molecule has 1 aromatic carbocycles. The van der Waals surface area contributed by atoms with E-state index in [1.165, 1.54) is 0 Å². The Bertz CT molecular complexity index is 1230. The number of nitrogens with one attached hydrogen (secondary N) is 1. The van der Waals surface area contributed by atoms with Gasteiger partial charge in [0.15, 0.2) is 5.65 Å². The van der Waals surface area contributed by atoms with Gasteiger partial charge in [0.05, 0.1) is 6.20 Å². The molecule has 4 aromatic rings. The summed E-state index contributed by atoms with van der Waals surface area (Å²) in [5.74, 6) is -0.360. The van der Waals surface area contributed by atoms with E-state index < -0.39 is 0 Å². The number of carbonyl (C=O) groups excluding carboxylic acids is 2. The van der Waals surface area contributed by atoms with Gasteiger partial charge in [-0.3, -0.25) is 14.3 Å². The number of fused-ring (bicyclic) bond motifs is 1. The Morgan fingerprint density at radius 3 is 2.83 bits per heavy atom. The Hall–Kier alpha value is -4.21. The molecule has 0 unspecified atom stereocenters. The molecule has 10 nitrogen and oxygen atoms in total. The van der Waals surface area contributed by atoms with E-state index in [4.69, 9.17) is 11.5 Å². The molecule has 3 heterocycles. The third kappa shape index (κ3) is 4.43. The van der Waals surface area contributed by atoms with E-state index in [0.29, 0.717) is 17.8 Å². The van der Waals surface area contributed by atoms with Gasteiger partial charge in [-0.2, -0.15) is 10.1 Å². The summed E-state index contributed by atoms with van der Waals surface area (Å²) in [6.45, 7) is 0.0611. The topological polar surface area (TPSA) is 146 Å². The van der Waals surface area contributed by atoms with Crippen LogP contribution in [0.25, 0.3) is 16.8 Å². The smallest absolute Gasteiger partial charge is 0.246 e. The molecule has 0 saturated heterocycles. The molecule has 0 fully saturated rings. The molecule has 2 amide bonds. The molecule has 0 radical (unpaired) electrons. The van der Waals surface area contributed by atoms with Crippen LogP contribution in [-0.2, 0) is 22.6 Å². The van der Waals surface area contributed by atoms with Gasteiger partial charge in [0.1, 0.15) is 6.54 Å². The van der Waals surface area contributed by atoms with Crippen LogP contribution in [0.3, 0.4) is 0 Å². The maximum atomic E-state index is 12.4. The van der Waals surface area contributed by atoms with Gasteiger partial charge in [-0.25, -0.2) is 4.52 Å². The molecule has 4 rings (SSSR count). The Morgan fingerprint density at radius 1 is 1.13 bits per heavy atom. The number of anilines is 2. The molecular formula is C20H20N8O2. The van der Waals surface area contributed by atoms with Crippen molar-refractivity contribution in [1.29, 1.82) is 0 Å². The van der Waals surface area contributed by atoms with Crippen molar-refractivity contribution in [3.63, 3.8) is 0 Å². The normalized spacial score (nSPS) is 10.9. The van der Waals surface area contributed by atoms with E-state index in [-0.39, 0.29) is 30.7 Å². The van der Waals surface area contributed by atoms with Crippen LogP contribution in [0.5, 0.6) is 0 Å². The lowest BCUT2D eigenvalue weighted by Gasteiger charge is -2.07. The zero-order valence-corrected chi connectivity index (χ0v) is 16.0. The monoisotopic (exact) mass is 404 g/mol. The van der Waals surface area contributed by atoms with Crippen LogP contribution in [0.15, 0.2) is 55.0 Å². The minimum Gasteiger partial charge on any atom is -0.370 e. The molecule has 0 aliphatic heterocycles. The highest BCUT2D eigenvalue weighted by Crippen LogP contribution is 2.20. The van der Waals surface area contributed by atoms with Gasteiger partial charge >= 0.3 is 0 Å². The van der Waals surface area contributed by atoms with Gasteiger partial charge in [0.25, 0.3) is 0 Å². The molecule has 0 spiro atoms. The second-order valence-electron chi connectivity index (χ2n) is 6.83. The van der Waals surface area contributed by atoms with E-state index in [1.54, 1.807) is 33.9 Å². The summed E-state index contributed by atoms with van der Waals surface area (Å²) in [5, 5.41) is 11.2. The highest BCUT2D eigenvalue weighted by atomic mass is 16.2. The summed E-state index contributed by atoms with van der Waals surface area (Å²) in [7, 11) is 0. The van der Waals surface area contributed by atoms with Gasteiger partial charge < -0.3 is 16.8 Å². The Morgan fingerprint density at radius 2 is 2.00 bits per heavy atom. The Labute approximate surface area is 171 Å². The highest BCUT2D eigenvalue weighted by molar-refractivity contribution is 5.90. The minimum absolute atomic E-state index is 0.0611. The molecule has 30 heavy (non-hydrogen) atoms. The minimum atomic E-state index is -0.356. The van der Waals surface area contributed by atoms with Crippen LogP contribution < -0.4 is 16.8 Å². The predicted molar refractivity (Wildman–Crippen MR) is 111 cm³/mol. The fraction of sp³-hybridized carbons (Fsp3) is 0.150. The van der Waals surface area contributed by atoms with Crippen LogP contribution in [0.2, 0.25) is 0 Å². The lowest BCUT2D eigenvalue weighted by Crippen LogP contribution is -2.19. The molecule has 0 atom stereocenters. The number of primary amides is 1. The lowest BCUT2D eigenvalue weighted by atomic mass is 10.1. The summed E-state index contributed by atoms with van der Waals surface area (Å²) >= 11 is 0. The first-order chi connectivity index (χ1) is 14.5. The number of aromatic nitrogens is 5. The quantitative estimate of drug-likeness (QED) is 0.422. The number of nitrogens with zero attached hydrogens (tertiary/aromatic N) is 5. The number of nitrogen functional groups attached to an aromatic ring is 1. The summed E-state index contributed by atoms with van der Waals surface area (Å²) in [4.78, 5) is 27.5. The van der Waals surface area contributed by atoms with Crippen molar-refractivity contribution in [3.05, 3.63) is 60.6 Å². The number of nitrogens with two attached hydrogens (primary N) is 2. The molecular weight excluding hydrogens is 384 g/mol. The van der Waals surface area contributed by atoms with Crippen LogP contribution in [-0.4, -0.2) is 36.2 Å². The maximum Gasteiger partial charge on any atom is 0.246 e. The van der Waals surface area contributed by atoms with Crippen molar-refractivity contribution >= 4 is 29.1 Å². The fourth-order valence-electron chi connectivity index (χ4n) is 3.10. The number of benzene rings is 1. The summed E-state index contributed by atoms with van der Waals surface area (Å²) in [6, 6.07) is 11.1. The van der Waals surface area contributed by atoms with E-state index in [2.05, 4.69) is 20.5 Å². The second kappa shape index (κ2) is 8.03. The number of amides is 2. The SMILES string of the molecule is NC(=O)CCc1cccc(NC(=O)Cn2cc(-c3ccn4nc(N)nc4c3)cn2)c1. The van der Waals surface area contributed by atoms with Gasteiger partial charge in [0, 0.05) is 30.1 Å². The van der Waals surface area contributed by atoms with Crippen LogP contribution in [0.1, 0.15) is 12.0 Å². The maximum absolute atomic E-state index is 12.4. The molecule has 10 heteroatoms. The van der Waals surface area contributed by atoms with Crippen molar-refractivity contribution in [2.45, 2.75) is 19.4 Å². The van der Waals surface area contributed by atoms with E-state index in [0.717, 1.165) is 16.7 Å². The summed E-state index contributed by atoms with van der Waals surface area (Å²) in [6.07, 6.45) is 6.03. The zero-order valence-electron chi connectivity index (χ0n) is 16.0. The predicted octanol–water partition coefficient (Wildman–Crippen LogP) is 1.23. The van der Waals surface area contributed by atoms with Crippen molar-refractivity contribution in [1.82, 2.24) is 24.4 Å². The third-order valence-corrected chi connectivity index (χ3v) is 4.50. The number of hydrogen-bond acceptors (Lipinski definition) is 6. The second-order valence-corrected chi connectivity index (χ2v) is 6.83. The molecule has 0 saturated carbocycles. The van der Waals surface area contributed by atoms with Crippen LogP contribution in [0.4, 0.5) is 11.6 Å². The molecule has 5 N–H and O–H groups in total. The average molecular weight is 404 g/mol. The van der Waals surface area contributed by atoms with Crippen molar-refractivity contribution in [2.75, 3.05) is 11.1 Å². The first-order valence-electron chi connectivity index (χ1n) is 9.28. The van der Waals surface area contributed by atoms with Gasteiger partial charge in [-0.1, -0.05) is 12.1 Å². The molecule has 0 aliphatic carbocycles. The number of pyridine rings is 1. The van der Waals surface area contributed by atoms with Crippen LogP contribution >= 0.6 is 0 Å². The van der Waals surface area contributed by atoms with Crippen molar-refractivity contribution < 1.29 is 9.59 Å². The number of hydrogen-bond donors (Lipinski definition) is 3. The fourth-order valence-corrected chi connectivity index (χ4v) is 3.10. The van der Waals surface area contributed by atoms with Crippen LogP contribution in [0, 0.1) is 0 Å². The summed E-state index contributed by atoms with van der Waals surface area (Å²) in [5.41, 5.74) is 14.8. The zero-order chi connectivity index (χ0) is 21.1. The standard InChI is InChI=1S/C20H20N8O2/c21-17(29)5-4-13-2-1-3-16(8-13)24-19(30)12-27-11-15(10-23-27)14-6-7-28-18(9-14)25-20(22)26-28/h1-3,6-11H,4-5,12H2,(H2,21,29)(H2,22,26)(H,24,30). The van der Waals surface area contributed by atoms with E-state index >= 15 is 0 Å². The van der Waals surface area contributed by atoms with E-state index in [1.807, 2.05) is 30.3 Å². The molecule has 0 bridgehead atoms. The van der Waals surface area contributed by atoms with E-state index in [9.17, 15) is 9.59 Å². The number of carbonyl (C=O) groups is 2. The van der Waals surface area contributed by atoms with Gasteiger partial charge in [-0.15, -0.1) is 5.10 Å². The Kier molecular flexibility index (Phi) is 5.12. The van der Waals surface area contributed by atoms with Crippen molar-refractivity contribution in [3.8, 4) is 11.1 Å². The average Bonchev–Trinajstić information content (AvgIpc) is 3.31. The van der Waals surface area contributed by atoms with Gasteiger partial charge in [-0.05, 0) is 41.8 Å².